The van der Waals surface area contributed by atoms with Crippen molar-refractivity contribution in [2.45, 2.75) is 33.0 Å². The lowest BCUT2D eigenvalue weighted by Gasteiger charge is -2.18. The minimum atomic E-state index is -4.39. The summed E-state index contributed by atoms with van der Waals surface area (Å²) in [5.41, 5.74) is 1.23. The molecule has 0 aliphatic heterocycles. The Kier molecular flexibility index (Phi) is 6.47. The number of aromatic nitrogens is 2. The van der Waals surface area contributed by atoms with Crippen LogP contribution in [-0.4, -0.2) is 41.2 Å². The van der Waals surface area contributed by atoms with Crippen molar-refractivity contribution in [3.63, 3.8) is 0 Å². The number of fused-ring (bicyclic) bond motifs is 1. The van der Waals surface area contributed by atoms with Crippen molar-refractivity contribution in [1.29, 1.82) is 0 Å². The molecule has 0 unspecified atom stereocenters. The summed E-state index contributed by atoms with van der Waals surface area (Å²) < 4.78 is 46.7. The molecular weight excluding hydrogens is 379 g/mol. The van der Waals surface area contributed by atoms with Gasteiger partial charge in [0.15, 0.2) is 0 Å². The van der Waals surface area contributed by atoms with E-state index in [9.17, 15) is 13.2 Å². The Morgan fingerprint density at radius 2 is 1.72 bits per heavy atom. The molecule has 0 fully saturated rings. The minimum absolute atomic E-state index is 0.355. The first-order chi connectivity index (χ1) is 13.9. The molecule has 0 aliphatic carbocycles. The van der Waals surface area contributed by atoms with Gasteiger partial charge in [-0.1, -0.05) is 13.8 Å². The summed E-state index contributed by atoms with van der Waals surface area (Å²) in [6, 6.07) is 11.2. The van der Waals surface area contributed by atoms with Crippen molar-refractivity contribution in [2.24, 2.45) is 0 Å². The van der Waals surface area contributed by atoms with Gasteiger partial charge in [-0.2, -0.15) is 13.2 Å². The second-order valence-corrected chi connectivity index (χ2v) is 6.90. The zero-order valence-corrected chi connectivity index (χ0v) is 17.0. The zero-order valence-electron chi connectivity index (χ0n) is 17.0. The Morgan fingerprint density at radius 1 is 1.03 bits per heavy atom. The maximum Gasteiger partial charge on any atom is 0.416 e. The van der Waals surface area contributed by atoms with E-state index in [4.69, 9.17) is 4.74 Å². The van der Waals surface area contributed by atoms with E-state index in [0.717, 1.165) is 49.5 Å². The quantitative estimate of drug-likeness (QED) is 0.498. The van der Waals surface area contributed by atoms with Crippen LogP contribution in [0.3, 0.4) is 0 Å². The number of rotatable bonds is 8. The van der Waals surface area contributed by atoms with Gasteiger partial charge in [0.2, 0.25) is 0 Å². The van der Waals surface area contributed by atoms with Crippen LogP contribution in [0.5, 0.6) is 5.75 Å². The fraction of sp³-hybridized carbons (Fsp3) is 0.409. The smallest absolute Gasteiger partial charge is 0.416 e. The van der Waals surface area contributed by atoms with Crippen LogP contribution in [0.15, 0.2) is 42.5 Å². The van der Waals surface area contributed by atoms with E-state index in [1.54, 1.807) is 7.11 Å². The Labute approximate surface area is 168 Å². The second kappa shape index (κ2) is 8.86. The number of benzene rings is 2. The van der Waals surface area contributed by atoms with E-state index in [1.165, 1.54) is 6.07 Å². The monoisotopic (exact) mass is 405 g/mol. The summed E-state index contributed by atoms with van der Waals surface area (Å²) in [5, 5.41) is 0. The summed E-state index contributed by atoms with van der Waals surface area (Å²) in [7, 11) is 1.59. The molecule has 1 heterocycles. The van der Waals surface area contributed by atoms with Gasteiger partial charge in [0.25, 0.3) is 0 Å². The van der Waals surface area contributed by atoms with Crippen molar-refractivity contribution < 1.29 is 17.9 Å². The molecule has 156 valence electrons. The van der Waals surface area contributed by atoms with Crippen LogP contribution < -0.4 is 4.74 Å². The van der Waals surface area contributed by atoms with E-state index in [-0.39, 0.29) is 0 Å². The molecule has 0 bridgehead atoms. The van der Waals surface area contributed by atoms with Gasteiger partial charge in [0, 0.05) is 12.1 Å². The fourth-order valence-electron chi connectivity index (χ4n) is 3.49. The molecular formula is C22H26F3N3O. The number of nitrogens with zero attached hydrogens (tertiary/aromatic N) is 3. The lowest BCUT2D eigenvalue weighted by molar-refractivity contribution is -0.137. The van der Waals surface area contributed by atoms with Gasteiger partial charge in [-0.3, -0.25) is 0 Å². The molecule has 3 rings (SSSR count). The van der Waals surface area contributed by atoms with Crippen LogP contribution in [0.4, 0.5) is 13.2 Å². The largest absolute Gasteiger partial charge is 0.497 e. The van der Waals surface area contributed by atoms with Gasteiger partial charge in [-0.25, -0.2) is 4.98 Å². The summed E-state index contributed by atoms with van der Waals surface area (Å²) in [5.74, 6) is 1.39. The van der Waals surface area contributed by atoms with Gasteiger partial charge in [-0.15, -0.1) is 0 Å². The summed E-state index contributed by atoms with van der Waals surface area (Å²) >= 11 is 0. The summed E-state index contributed by atoms with van der Waals surface area (Å²) in [6.07, 6.45) is -3.50. The predicted molar refractivity (Wildman–Crippen MR) is 109 cm³/mol. The molecule has 1 aromatic heterocycles. The number of aryl methyl sites for hydroxylation is 1. The van der Waals surface area contributed by atoms with Gasteiger partial charge in [0.1, 0.15) is 11.6 Å². The third-order valence-corrected chi connectivity index (χ3v) is 5.17. The maximum atomic E-state index is 13.1. The van der Waals surface area contributed by atoms with Gasteiger partial charge < -0.3 is 14.2 Å². The topological polar surface area (TPSA) is 30.3 Å². The van der Waals surface area contributed by atoms with Crippen LogP contribution in [0, 0.1) is 0 Å². The molecule has 0 spiro atoms. The Hall–Kier alpha value is -2.54. The SMILES string of the molecule is CCN(CC)CCCn1c(-c2ccc(OC)cc2)nc2cc(C(F)(F)F)ccc21. The number of alkyl halides is 3. The van der Waals surface area contributed by atoms with Crippen molar-refractivity contribution in [2.75, 3.05) is 26.7 Å². The molecule has 4 nitrogen and oxygen atoms in total. The van der Waals surface area contributed by atoms with Crippen LogP contribution in [0.2, 0.25) is 0 Å². The van der Waals surface area contributed by atoms with E-state index in [1.807, 2.05) is 28.8 Å². The third kappa shape index (κ3) is 4.72. The lowest BCUT2D eigenvalue weighted by Crippen LogP contribution is -2.24. The van der Waals surface area contributed by atoms with E-state index >= 15 is 0 Å². The van der Waals surface area contributed by atoms with Crippen LogP contribution in [-0.2, 0) is 12.7 Å². The predicted octanol–water partition coefficient (Wildman–Crippen LogP) is 5.46. The molecule has 0 N–H and O–H groups in total. The molecule has 0 amide bonds. The first-order valence-corrected chi connectivity index (χ1v) is 9.81. The lowest BCUT2D eigenvalue weighted by atomic mass is 10.2. The normalized spacial score (nSPS) is 12.1. The summed E-state index contributed by atoms with van der Waals surface area (Å²) in [6.45, 7) is 7.80. The third-order valence-electron chi connectivity index (χ3n) is 5.17. The Bertz CT molecular complexity index is 944. The number of imidazole rings is 1. The van der Waals surface area contributed by atoms with Crippen molar-refractivity contribution in [3.05, 3.63) is 48.0 Å². The molecule has 29 heavy (non-hydrogen) atoms. The number of ether oxygens (including phenoxy) is 1. The molecule has 0 aliphatic rings. The first kappa shape index (κ1) is 21.2. The van der Waals surface area contributed by atoms with E-state index < -0.39 is 11.7 Å². The maximum absolute atomic E-state index is 13.1. The number of methoxy groups -OCH3 is 1. The minimum Gasteiger partial charge on any atom is -0.497 e. The first-order valence-electron chi connectivity index (χ1n) is 9.81. The molecule has 3 aromatic rings. The van der Waals surface area contributed by atoms with Gasteiger partial charge >= 0.3 is 6.18 Å². The number of halogens is 3. The number of hydrogen-bond donors (Lipinski definition) is 0. The molecule has 0 radical (unpaired) electrons. The highest BCUT2D eigenvalue weighted by Crippen LogP contribution is 2.33. The fourth-order valence-corrected chi connectivity index (χ4v) is 3.49. The Morgan fingerprint density at radius 3 is 2.31 bits per heavy atom. The van der Waals surface area contributed by atoms with Crippen LogP contribution >= 0.6 is 0 Å². The average Bonchev–Trinajstić information content (AvgIpc) is 3.08. The van der Waals surface area contributed by atoms with Crippen molar-refractivity contribution in [3.8, 4) is 17.1 Å². The second-order valence-electron chi connectivity index (χ2n) is 6.90. The van der Waals surface area contributed by atoms with Crippen LogP contribution in [0.25, 0.3) is 22.4 Å². The number of hydrogen-bond acceptors (Lipinski definition) is 3. The molecule has 7 heteroatoms. The highest BCUT2D eigenvalue weighted by Gasteiger charge is 2.31. The highest BCUT2D eigenvalue weighted by atomic mass is 19.4. The van der Waals surface area contributed by atoms with Crippen molar-refractivity contribution >= 4 is 11.0 Å². The van der Waals surface area contributed by atoms with Crippen molar-refractivity contribution in [1.82, 2.24) is 14.5 Å². The standard InChI is InChI=1S/C22H26F3N3O/c1-4-27(5-2)13-6-14-28-20-12-9-17(22(23,24)25)15-19(20)26-21(28)16-7-10-18(29-3)11-8-16/h7-12,15H,4-6,13-14H2,1-3H3. The van der Waals surface area contributed by atoms with Crippen LogP contribution in [0.1, 0.15) is 25.8 Å². The molecule has 0 atom stereocenters. The zero-order chi connectivity index (χ0) is 21.0. The highest BCUT2D eigenvalue weighted by molar-refractivity contribution is 5.81. The van der Waals surface area contributed by atoms with Gasteiger partial charge in [0.05, 0.1) is 23.7 Å². The Balaban J connectivity index is 2.01. The molecule has 2 aromatic carbocycles. The molecule has 0 saturated carbocycles. The summed E-state index contributed by atoms with van der Waals surface area (Å²) in [4.78, 5) is 6.89. The average molecular weight is 405 g/mol. The van der Waals surface area contributed by atoms with E-state index in [2.05, 4.69) is 23.7 Å². The van der Waals surface area contributed by atoms with E-state index in [0.29, 0.717) is 23.4 Å². The van der Waals surface area contributed by atoms with Gasteiger partial charge in [-0.05, 0) is 68.5 Å². The molecule has 0 saturated heterocycles.